The smallest absolute Gasteiger partial charge is 0.248 e. The number of aryl methyl sites for hydroxylation is 1. The van der Waals surface area contributed by atoms with Gasteiger partial charge in [-0.15, -0.1) is 0 Å². The van der Waals surface area contributed by atoms with Gasteiger partial charge in [-0.1, -0.05) is 6.07 Å². The molecule has 0 aliphatic heterocycles. The lowest BCUT2D eigenvalue weighted by Crippen LogP contribution is -2.18. The van der Waals surface area contributed by atoms with Crippen LogP contribution in [0.15, 0.2) is 35.0 Å². The minimum Gasteiger partial charge on any atom is -0.366 e. The van der Waals surface area contributed by atoms with Gasteiger partial charge in [0.15, 0.2) is 0 Å². The number of hydrogen-bond acceptors (Lipinski definition) is 3. The van der Waals surface area contributed by atoms with Crippen LogP contribution in [0.2, 0.25) is 0 Å². The zero-order valence-electron chi connectivity index (χ0n) is 11.1. The van der Waals surface area contributed by atoms with Crippen molar-refractivity contribution in [2.24, 2.45) is 5.73 Å². The molecule has 0 radical (unpaired) electrons. The first-order valence-electron chi connectivity index (χ1n) is 6.22. The predicted molar refractivity (Wildman–Crippen MR) is 79.3 cm³/mol. The lowest BCUT2D eigenvalue weighted by atomic mass is 10.0. The molecule has 3 N–H and O–H groups in total. The number of rotatable bonds is 5. The molecule has 0 bridgehead atoms. The highest BCUT2D eigenvalue weighted by Gasteiger charge is 2.07. The van der Waals surface area contributed by atoms with Gasteiger partial charge in [-0.3, -0.25) is 4.79 Å². The summed E-state index contributed by atoms with van der Waals surface area (Å²) in [4.78, 5) is 11.1. The Hall–Kier alpha value is -1.65. The van der Waals surface area contributed by atoms with Crippen LogP contribution in [-0.4, -0.2) is 5.91 Å². The summed E-state index contributed by atoms with van der Waals surface area (Å²) < 4.78 is 0. The molecule has 0 spiro atoms. The second kappa shape index (κ2) is 5.99. The van der Waals surface area contributed by atoms with E-state index in [1.807, 2.05) is 19.1 Å². The number of nitrogens with two attached hydrogens (primary N) is 1. The van der Waals surface area contributed by atoms with E-state index < -0.39 is 0 Å². The zero-order valence-corrected chi connectivity index (χ0v) is 12.0. The molecule has 1 atom stereocenters. The van der Waals surface area contributed by atoms with Crippen LogP contribution in [0.25, 0.3) is 0 Å². The van der Waals surface area contributed by atoms with Crippen LogP contribution in [0.5, 0.6) is 0 Å². The molecular weight excluding hydrogens is 256 g/mol. The Labute approximate surface area is 117 Å². The summed E-state index contributed by atoms with van der Waals surface area (Å²) >= 11 is 1.71. The molecule has 1 aromatic heterocycles. The topological polar surface area (TPSA) is 55.1 Å². The highest BCUT2D eigenvalue weighted by Crippen LogP contribution is 2.17. The quantitative estimate of drug-likeness (QED) is 0.880. The zero-order chi connectivity index (χ0) is 13.8. The third-order valence-corrected chi connectivity index (χ3v) is 3.97. The molecule has 0 aliphatic carbocycles. The Morgan fingerprint density at radius 1 is 1.42 bits per heavy atom. The second-order valence-electron chi connectivity index (χ2n) is 4.66. The summed E-state index contributed by atoms with van der Waals surface area (Å²) in [5.74, 6) is -0.380. The van der Waals surface area contributed by atoms with E-state index in [1.165, 1.54) is 11.1 Å². The largest absolute Gasteiger partial charge is 0.366 e. The predicted octanol–water partition coefficient (Wildman–Crippen LogP) is 3.01. The Balaban J connectivity index is 2.02. The summed E-state index contributed by atoms with van der Waals surface area (Å²) in [5, 5.41) is 7.72. The van der Waals surface area contributed by atoms with Crippen LogP contribution in [0.1, 0.15) is 40.0 Å². The monoisotopic (exact) mass is 274 g/mol. The van der Waals surface area contributed by atoms with Crippen molar-refractivity contribution in [2.45, 2.75) is 26.4 Å². The van der Waals surface area contributed by atoms with Crippen molar-refractivity contribution >= 4 is 17.2 Å². The minimum atomic E-state index is -0.380. The maximum absolute atomic E-state index is 11.1. The van der Waals surface area contributed by atoms with Crippen LogP contribution in [-0.2, 0) is 6.54 Å². The Morgan fingerprint density at radius 2 is 2.21 bits per heavy atom. The minimum absolute atomic E-state index is 0.321. The Bertz CT molecular complexity index is 564. The normalized spacial score (nSPS) is 12.3. The second-order valence-corrected chi connectivity index (χ2v) is 5.44. The molecule has 2 rings (SSSR count). The first kappa shape index (κ1) is 13.8. The molecule has 100 valence electrons. The molecule has 19 heavy (non-hydrogen) atoms. The van der Waals surface area contributed by atoms with Crippen LogP contribution in [0, 0.1) is 6.92 Å². The van der Waals surface area contributed by atoms with E-state index in [1.54, 1.807) is 17.4 Å². The van der Waals surface area contributed by atoms with E-state index in [9.17, 15) is 4.79 Å². The van der Waals surface area contributed by atoms with E-state index in [-0.39, 0.29) is 5.91 Å². The van der Waals surface area contributed by atoms with Gasteiger partial charge in [-0.05, 0) is 59.5 Å². The number of benzene rings is 1. The molecule has 1 aromatic carbocycles. The van der Waals surface area contributed by atoms with Gasteiger partial charge in [0.2, 0.25) is 5.91 Å². The average Bonchev–Trinajstić information content (AvgIpc) is 2.90. The lowest BCUT2D eigenvalue weighted by Gasteiger charge is -2.14. The number of carbonyl (C=O) groups is 1. The first-order chi connectivity index (χ1) is 9.08. The van der Waals surface area contributed by atoms with Crippen LogP contribution >= 0.6 is 11.3 Å². The fourth-order valence-corrected chi connectivity index (χ4v) is 2.70. The number of primary amides is 1. The molecule has 4 heteroatoms. The number of amides is 1. The molecular formula is C15H18N2OS. The average molecular weight is 274 g/mol. The van der Waals surface area contributed by atoms with Crippen molar-refractivity contribution in [3.05, 3.63) is 57.3 Å². The standard InChI is InChI=1S/C15H18N2OS/c1-10-7-12(15(16)18)3-4-13(10)8-17-11(2)14-5-6-19-9-14/h3-7,9,11,17H,8H2,1-2H3,(H2,16,18). The van der Waals surface area contributed by atoms with E-state index in [0.717, 1.165) is 12.1 Å². The fourth-order valence-electron chi connectivity index (χ4n) is 1.95. The van der Waals surface area contributed by atoms with Gasteiger partial charge in [-0.2, -0.15) is 11.3 Å². The van der Waals surface area contributed by atoms with Crippen LogP contribution < -0.4 is 11.1 Å². The van der Waals surface area contributed by atoms with Gasteiger partial charge in [-0.25, -0.2) is 0 Å². The van der Waals surface area contributed by atoms with E-state index in [2.05, 4.69) is 29.1 Å². The maximum Gasteiger partial charge on any atom is 0.248 e. The molecule has 3 nitrogen and oxygen atoms in total. The SMILES string of the molecule is Cc1cc(C(N)=O)ccc1CNC(C)c1ccsc1. The van der Waals surface area contributed by atoms with Crippen molar-refractivity contribution < 1.29 is 4.79 Å². The van der Waals surface area contributed by atoms with Gasteiger partial charge in [0.1, 0.15) is 0 Å². The number of carbonyl (C=O) groups excluding carboxylic acids is 1. The van der Waals surface area contributed by atoms with E-state index in [0.29, 0.717) is 11.6 Å². The van der Waals surface area contributed by atoms with E-state index >= 15 is 0 Å². The molecule has 1 unspecified atom stereocenters. The highest BCUT2D eigenvalue weighted by molar-refractivity contribution is 7.07. The van der Waals surface area contributed by atoms with Crippen LogP contribution in [0.4, 0.5) is 0 Å². The summed E-state index contributed by atoms with van der Waals surface area (Å²) in [7, 11) is 0. The van der Waals surface area contributed by atoms with Gasteiger partial charge < -0.3 is 11.1 Å². The fraction of sp³-hybridized carbons (Fsp3) is 0.267. The maximum atomic E-state index is 11.1. The summed E-state index contributed by atoms with van der Waals surface area (Å²) in [6.07, 6.45) is 0. The first-order valence-corrected chi connectivity index (χ1v) is 7.17. The molecule has 1 amide bonds. The lowest BCUT2D eigenvalue weighted by molar-refractivity contribution is 0.1000. The van der Waals surface area contributed by atoms with Gasteiger partial charge in [0, 0.05) is 18.2 Å². The third-order valence-electron chi connectivity index (χ3n) is 3.27. The van der Waals surface area contributed by atoms with Crippen molar-refractivity contribution in [3.8, 4) is 0 Å². The molecule has 0 saturated carbocycles. The molecule has 1 heterocycles. The molecule has 2 aromatic rings. The van der Waals surface area contributed by atoms with Gasteiger partial charge in [0.05, 0.1) is 0 Å². The summed E-state index contributed by atoms with van der Waals surface area (Å²) in [6, 6.07) is 8.03. The van der Waals surface area contributed by atoms with Crippen molar-refractivity contribution in [1.82, 2.24) is 5.32 Å². The third kappa shape index (κ3) is 3.43. The van der Waals surface area contributed by atoms with Crippen LogP contribution in [0.3, 0.4) is 0 Å². The van der Waals surface area contributed by atoms with Gasteiger partial charge in [0.25, 0.3) is 0 Å². The van der Waals surface area contributed by atoms with Crippen molar-refractivity contribution in [3.63, 3.8) is 0 Å². The molecule has 0 fully saturated rings. The van der Waals surface area contributed by atoms with Crippen molar-refractivity contribution in [2.75, 3.05) is 0 Å². The number of nitrogens with one attached hydrogen (secondary N) is 1. The number of hydrogen-bond donors (Lipinski definition) is 2. The summed E-state index contributed by atoms with van der Waals surface area (Å²) in [6.45, 7) is 4.93. The van der Waals surface area contributed by atoms with Gasteiger partial charge >= 0.3 is 0 Å². The summed E-state index contributed by atoms with van der Waals surface area (Å²) in [5.41, 5.74) is 9.40. The van der Waals surface area contributed by atoms with E-state index in [4.69, 9.17) is 5.73 Å². The Kier molecular flexibility index (Phi) is 4.35. The van der Waals surface area contributed by atoms with Crippen molar-refractivity contribution in [1.29, 1.82) is 0 Å². The highest BCUT2D eigenvalue weighted by atomic mass is 32.1. The molecule has 0 aliphatic rings. The number of thiophene rings is 1. The Morgan fingerprint density at radius 3 is 2.79 bits per heavy atom. The molecule has 0 saturated heterocycles.